The highest BCUT2D eigenvalue weighted by Crippen LogP contribution is 2.30. The number of nitro groups is 1. The smallest absolute Gasteiger partial charge is 0.434 e. The number of nitrogens with one attached hydrogen (secondary N) is 1. The molecule has 1 fully saturated rings. The minimum Gasteiger partial charge on any atom is -0.434 e. The van der Waals surface area contributed by atoms with Crippen LogP contribution in [0.25, 0.3) is 0 Å². The Balaban J connectivity index is 0.00000225. The molecular weight excluding hydrogens is 506 g/mol. The van der Waals surface area contributed by atoms with Crippen LogP contribution in [0.5, 0.6) is 0 Å². The molecule has 0 aliphatic carbocycles. The summed E-state index contributed by atoms with van der Waals surface area (Å²) in [7, 11) is 0. The van der Waals surface area contributed by atoms with E-state index in [-0.39, 0.29) is 25.3 Å². The SMILES string of the molecule is Cc1cn(C2CC(O)C(COC(=O)OCC(C)c3cc(Br)ccc3[N+](=O)[O-])O2)c(=O)[nH]c1=O.[3H][3H].[3H][3H].[3H][3H]. The lowest BCUT2D eigenvalue weighted by Gasteiger charge is -2.17. The molecule has 1 saturated heterocycles. The highest BCUT2D eigenvalue weighted by atomic mass is 79.9. The monoisotopic (exact) mass is 545 g/mol. The number of carbonyl (C=O) groups excluding carboxylic acids is 1. The van der Waals surface area contributed by atoms with Crippen molar-refractivity contribution in [3.8, 4) is 0 Å². The van der Waals surface area contributed by atoms with Crippen LogP contribution >= 0.6 is 15.9 Å². The summed E-state index contributed by atoms with van der Waals surface area (Å²) in [5.41, 5.74) is -0.597. The Bertz CT molecular complexity index is 1190. The first-order valence-corrected chi connectivity index (χ1v) is 10.7. The third-order valence-electron chi connectivity index (χ3n) is 5.19. The van der Waals surface area contributed by atoms with Gasteiger partial charge in [-0.3, -0.25) is 24.5 Å². The number of H-pyrrole nitrogens is 1. The number of nitro benzene ring substituents is 1. The summed E-state index contributed by atoms with van der Waals surface area (Å²) in [4.78, 5) is 48.4. The molecule has 1 aliphatic heterocycles. The van der Waals surface area contributed by atoms with Gasteiger partial charge in [0.05, 0.1) is 11.0 Å². The zero-order valence-electron chi connectivity index (χ0n) is 23.7. The zero-order chi connectivity index (χ0) is 30.3. The maximum absolute atomic E-state index is 12.0. The van der Waals surface area contributed by atoms with E-state index in [4.69, 9.17) is 23.1 Å². The van der Waals surface area contributed by atoms with Crippen molar-refractivity contribution in [2.45, 2.75) is 44.6 Å². The van der Waals surface area contributed by atoms with Crippen molar-refractivity contribution in [1.82, 2.24) is 9.55 Å². The molecule has 2 aromatic rings. The van der Waals surface area contributed by atoms with Crippen molar-refractivity contribution >= 4 is 27.8 Å². The lowest BCUT2D eigenvalue weighted by Crippen LogP contribution is -2.33. The normalized spacial score (nSPS) is 21.6. The second-order valence-electron chi connectivity index (χ2n) is 7.64. The number of aliphatic hydroxyl groups excluding tert-OH is 1. The van der Waals surface area contributed by atoms with Crippen LogP contribution in [0.4, 0.5) is 10.5 Å². The molecule has 2 heterocycles. The number of hydrogen-bond donors (Lipinski definition) is 2. The second kappa shape index (κ2) is 10.3. The molecule has 0 amide bonds. The second-order valence-corrected chi connectivity index (χ2v) is 8.56. The molecule has 1 aromatic carbocycles. The molecule has 0 saturated carbocycles. The molecule has 12 nitrogen and oxygen atoms in total. The molecule has 1 aliphatic rings. The highest BCUT2D eigenvalue weighted by molar-refractivity contribution is 9.10. The van der Waals surface area contributed by atoms with Gasteiger partial charge in [0.1, 0.15) is 25.5 Å². The van der Waals surface area contributed by atoms with Crippen LogP contribution in [0, 0.1) is 17.0 Å². The Morgan fingerprint density at radius 1 is 1.48 bits per heavy atom. The summed E-state index contributed by atoms with van der Waals surface area (Å²) in [6, 6.07) is 4.49. The molecule has 4 atom stereocenters. The zero-order valence-corrected chi connectivity index (χ0v) is 19.3. The first-order valence-electron chi connectivity index (χ1n) is 13.0. The van der Waals surface area contributed by atoms with Crippen molar-refractivity contribution in [2.75, 3.05) is 13.2 Å². The van der Waals surface area contributed by atoms with E-state index in [1.807, 2.05) is 0 Å². The van der Waals surface area contributed by atoms with E-state index in [1.54, 1.807) is 19.1 Å². The van der Waals surface area contributed by atoms with Gasteiger partial charge in [0.15, 0.2) is 0 Å². The number of aryl methyl sites for hydroxylation is 1. The van der Waals surface area contributed by atoms with Crippen molar-refractivity contribution in [2.24, 2.45) is 0 Å². The number of rotatable bonds is 7. The molecule has 2 N–H and O–H groups in total. The summed E-state index contributed by atoms with van der Waals surface area (Å²) >= 11 is 3.26. The van der Waals surface area contributed by atoms with Gasteiger partial charge in [0.25, 0.3) is 11.2 Å². The molecule has 3 rings (SSSR count). The largest absolute Gasteiger partial charge is 0.508 e. The fraction of sp³-hybridized carbons (Fsp3) is 0.450. The predicted octanol–water partition coefficient (Wildman–Crippen LogP) is 2.86. The maximum Gasteiger partial charge on any atom is 0.508 e. The average molecular weight is 546 g/mol. The summed E-state index contributed by atoms with van der Waals surface area (Å²) < 4.78 is 47.5. The van der Waals surface area contributed by atoms with E-state index in [1.165, 1.54) is 19.2 Å². The lowest BCUT2D eigenvalue weighted by atomic mass is 10.0. The van der Waals surface area contributed by atoms with Gasteiger partial charge >= 0.3 is 11.8 Å². The van der Waals surface area contributed by atoms with E-state index in [9.17, 15) is 29.6 Å². The molecule has 0 bridgehead atoms. The van der Waals surface area contributed by atoms with Gasteiger partial charge in [-0.25, -0.2) is 9.59 Å². The van der Waals surface area contributed by atoms with E-state index < -0.39 is 46.7 Å². The number of aliphatic hydroxyl groups is 1. The van der Waals surface area contributed by atoms with Gasteiger partial charge in [-0.1, -0.05) is 22.9 Å². The van der Waals surface area contributed by atoms with Gasteiger partial charge < -0.3 is 19.3 Å². The lowest BCUT2D eigenvalue weighted by molar-refractivity contribution is -0.385. The Labute approximate surface area is 204 Å². The Hall–Kier alpha value is -3.03. The van der Waals surface area contributed by atoms with Crippen molar-refractivity contribution in [3.05, 3.63) is 70.9 Å². The fourth-order valence-corrected chi connectivity index (χ4v) is 3.78. The van der Waals surface area contributed by atoms with Crippen LogP contribution in [-0.2, 0) is 14.2 Å². The van der Waals surface area contributed by atoms with E-state index in [2.05, 4.69) is 20.9 Å². The average Bonchev–Trinajstić information content (AvgIpc) is 3.31. The molecule has 4 unspecified atom stereocenters. The first-order chi connectivity index (χ1) is 18.6. The Morgan fingerprint density at radius 2 is 2.21 bits per heavy atom. The van der Waals surface area contributed by atoms with Crippen LogP contribution in [0.3, 0.4) is 0 Å². The number of aromatic nitrogens is 2. The van der Waals surface area contributed by atoms with Gasteiger partial charge in [-0.05, 0) is 19.1 Å². The summed E-state index contributed by atoms with van der Waals surface area (Å²) in [6.45, 7) is 2.69. The number of nitrogens with zero attached hydrogens (tertiary/aromatic N) is 2. The minimum absolute atomic E-state index is 0.0536. The third-order valence-corrected chi connectivity index (χ3v) is 5.69. The van der Waals surface area contributed by atoms with E-state index in [0.29, 0.717) is 15.6 Å². The van der Waals surface area contributed by atoms with Crippen molar-refractivity contribution < 1.29 is 37.9 Å². The first kappa shape index (κ1) is 20.6. The van der Waals surface area contributed by atoms with Crippen LogP contribution in [0.2, 0.25) is 0 Å². The molecule has 33 heavy (non-hydrogen) atoms. The Kier molecular flexibility index (Phi) is 6.40. The van der Waals surface area contributed by atoms with Crippen molar-refractivity contribution in [3.63, 3.8) is 0 Å². The predicted molar refractivity (Wildman–Crippen MR) is 123 cm³/mol. The van der Waals surface area contributed by atoms with E-state index >= 15 is 0 Å². The standard InChI is InChI=1S/C20H22BrN3O9.3H2/c1-10-7-23(19(27)22-18(10)26)17-6-15(25)16(33-17)9-32-20(28)31-8-11(2)13-5-12(21)3-4-14(13)24(29)30;;;/h3-5,7,11,15-17,25H,6,8-9H2,1-2H3,(H,22,26,27);3*1H/i;3*1+2T. The van der Waals surface area contributed by atoms with Crippen LogP contribution < -0.4 is 11.2 Å². The molecule has 13 heteroatoms. The summed E-state index contributed by atoms with van der Waals surface area (Å²) in [5, 5.41) is 21.4. The molecule has 1 aromatic heterocycles. The number of ether oxygens (including phenoxy) is 3. The van der Waals surface area contributed by atoms with Crippen molar-refractivity contribution in [1.29, 1.82) is 0 Å². The number of aromatic amines is 1. The van der Waals surface area contributed by atoms with E-state index in [0.717, 1.165) is 4.57 Å². The fourth-order valence-electron chi connectivity index (χ4n) is 3.40. The van der Waals surface area contributed by atoms with Crippen LogP contribution in [-0.4, -0.2) is 51.2 Å². The summed E-state index contributed by atoms with van der Waals surface area (Å²) in [5.74, 6) is -0.483. The van der Waals surface area contributed by atoms with Crippen LogP contribution in [0.1, 0.15) is 45.5 Å². The summed E-state index contributed by atoms with van der Waals surface area (Å²) in [6.07, 6.45) is -2.42. The number of carbonyl (C=O) groups is 1. The topological polar surface area (TPSA) is 163 Å². The molecule has 184 valence electrons. The molecule has 0 radical (unpaired) electrons. The van der Waals surface area contributed by atoms with Gasteiger partial charge in [-0.15, -0.1) is 0 Å². The maximum atomic E-state index is 12.0. The highest BCUT2D eigenvalue weighted by Gasteiger charge is 2.36. The van der Waals surface area contributed by atoms with Gasteiger partial charge in [0, 0.05) is 49.1 Å². The quantitative estimate of drug-likeness (QED) is 0.302. The number of halogens is 1. The molecular formula is C20H28BrN3O9. The number of hydrogen-bond acceptors (Lipinski definition) is 9. The van der Waals surface area contributed by atoms with Gasteiger partial charge in [-0.2, -0.15) is 0 Å². The molecule has 0 spiro atoms. The minimum atomic E-state index is -1.03. The van der Waals surface area contributed by atoms with Crippen LogP contribution in [0.15, 0.2) is 38.5 Å². The third kappa shape index (κ3) is 5.86. The number of benzene rings is 1. The Morgan fingerprint density at radius 3 is 2.91 bits per heavy atom. The van der Waals surface area contributed by atoms with Gasteiger partial charge in [0.2, 0.25) is 0 Å².